The van der Waals surface area contributed by atoms with Crippen molar-refractivity contribution in [2.75, 3.05) is 19.0 Å². The number of carbonyl (C=O) groups is 2. The molecule has 0 unspecified atom stereocenters. The molecule has 1 N–H and O–H groups in total. The van der Waals surface area contributed by atoms with E-state index in [9.17, 15) is 14.4 Å². The highest BCUT2D eigenvalue weighted by Crippen LogP contribution is 2.18. The molecule has 0 atom stereocenters. The van der Waals surface area contributed by atoms with Gasteiger partial charge in [-0.05, 0) is 60.8 Å². The lowest BCUT2D eigenvalue weighted by molar-refractivity contribution is -0.116. The number of hydrogen-bond donors (Lipinski definition) is 1. The highest BCUT2D eigenvalue weighted by atomic mass is 16.5. The molecular formula is C21H20N2O5. The van der Waals surface area contributed by atoms with Crippen molar-refractivity contribution in [1.29, 1.82) is 0 Å². The van der Waals surface area contributed by atoms with Crippen LogP contribution in [0, 0.1) is 0 Å². The molecule has 3 aromatic rings. The molecule has 7 nitrogen and oxygen atoms in total. The van der Waals surface area contributed by atoms with Crippen molar-refractivity contribution in [3.05, 3.63) is 70.6 Å². The highest BCUT2D eigenvalue weighted by Gasteiger charge is 2.10. The zero-order valence-corrected chi connectivity index (χ0v) is 15.6. The van der Waals surface area contributed by atoms with E-state index in [-0.39, 0.29) is 18.0 Å². The largest absolute Gasteiger partial charge is 0.497 e. The molecule has 0 radical (unpaired) electrons. The van der Waals surface area contributed by atoms with Crippen molar-refractivity contribution in [1.82, 2.24) is 4.57 Å². The van der Waals surface area contributed by atoms with E-state index < -0.39 is 5.97 Å². The minimum absolute atomic E-state index is 0.125. The van der Waals surface area contributed by atoms with Crippen molar-refractivity contribution in [3.8, 4) is 5.75 Å². The number of nitrogens with one attached hydrogen (secondary N) is 1. The highest BCUT2D eigenvalue weighted by molar-refractivity contribution is 5.93. The van der Waals surface area contributed by atoms with Crippen molar-refractivity contribution in [3.63, 3.8) is 0 Å². The second-order valence-electron chi connectivity index (χ2n) is 6.05. The predicted molar refractivity (Wildman–Crippen MR) is 106 cm³/mol. The number of aromatic nitrogens is 1. The maximum absolute atomic E-state index is 12.6. The Hall–Kier alpha value is -3.61. The third kappa shape index (κ3) is 4.20. The third-order valence-electron chi connectivity index (χ3n) is 4.18. The maximum Gasteiger partial charge on any atom is 0.338 e. The Bertz CT molecular complexity index is 1070. The van der Waals surface area contributed by atoms with E-state index in [0.29, 0.717) is 29.0 Å². The van der Waals surface area contributed by atoms with Crippen LogP contribution >= 0.6 is 0 Å². The average molecular weight is 380 g/mol. The number of methoxy groups -OCH3 is 1. The molecule has 0 saturated heterocycles. The molecule has 0 aliphatic heterocycles. The van der Waals surface area contributed by atoms with Crippen LogP contribution in [0.15, 0.2) is 59.5 Å². The number of carbonyl (C=O) groups excluding carboxylic acids is 2. The van der Waals surface area contributed by atoms with E-state index in [1.807, 2.05) is 0 Å². The number of amides is 1. The van der Waals surface area contributed by atoms with Crippen molar-refractivity contribution in [2.24, 2.45) is 0 Å². The van der Waals surface area contributed by atoms with Crippen LogP contribution in [0.3, 0.4) is 0 Å². The second-order valence-corrected chi connectivity index (χ2v) is 6.05. The quantitative estimate of drug-likeness (QED) is 0.665. The molecule has 1 amide bonds. The fourth-order valence-electron chi connectivity index (χ4n) is 2.78. The van der Waals surface area contributed by atoms with Gasteiger partial charge >= 0.3 is 5.97 Å². The first-order chi connectivity index (χ1) is 13.5. The summed E-state index contributed by atoms with van der Waals surface area (Å²) in [6, 6.07) is 13.3. The third-order valence-corrected chi connectivity index (χ3v) is 4.18. The molecule has 7 heteroatoms. The summed E-state index contributed by atoms with van der Waals surface area (Å²) in [6.07, 6.45) is 1.58. The van der Waals surface area contributed by atoms with Crippen LogP contribution in [-0.4, -0.2) is 30.2 Å². The van der Waals surface area contributed by atoms with Gasteiger partial charge in [0.2, 0.25) is 5.91 Å². The van der Waals surface area contributed by atoms with Gasteiger partial charge in [-0.1, -0.05) is 0 Å². The van der Waals surface area contributed by atoms with Gasteiger partial charge in [0.25, 0.3) is 5.56 Å². The first kappa shape index (κ1) is 19.2. The molecule has 0 saturated carbocycles. The molecule has 2 aromatic carbocycles. The van der Waals surface area contributed by atoms with Crippen molar-refractivity contribution >= 4 is 28.3 Å². The molecule has 0 aliphatic rings. The van der Waals surface area contributed by atoms with Crippen molar-refractivity contribution < 1.29 is 19.1 Å². The van der Waals surface area contributed by atoms with Crippen LogP contribution in [0.1, 0.15) is 17.3 Å². The van der Waals surface area contributed by atoms with Crippen LogP contribution < -0.4 is 15.6 Å². The molecule has 28 heavy (non-hydrogen) atoms. The van der Waals surface area contributed by atoms with Gasteiger partial charge < -0.3 is 19.4 Å². The number of hydrogen-bond acceptors (Lipinski definition) is 5. The lowest BCUT2D eigenvalue weighted by atomic mass is 10.1. The number of fused-ring (bicyclic) bond motifs is 1. The number of benzene rings is 2. The van der Waals surface area contributed by atoms with E-state index in [1.165, 1.54) is 4.57 Å². The smallest absolute Gasteiger partial charge is 0.338 e. The van der Waals surface area contributed by atoms with Gasteiger partial charge in [0.05, 0.1) is 19.3 Å². The summed E-state index contributed by atoms with van der Waals surface area (Å²) in [5.74, 6) is -0.104. The summed E-state index contributed by atoms with van der Waals surface area (Å²) in [5.41, 5.74) is 0.672. The zero-order chi connectivity index (χ0) is 20.1. The fourth-order valence-corrected chi connectivity index (χ4v) is 2.78. The van der Waals surface area contributed by atoms with Crippen LogP contribution in [-0.2, 0) is 16.1 Å². The van der Waals surface area contributed by atoms with E-state index in [0.717, 1.165) is 5.39 Å². The van der Waals surface area contributed by atoms with E-state index in [2.05, 4.69) is 5.32 Å². The summed E-state index contributed by atoms with van der Waals surface area (Å²) < 4.78 is 11.4. The Labute approximate surface area is 161 Å². The van der Waals surface area contributed by atoms with Gasteiger partial charge in [-0.25, -0.2) is 4.79 Å². The Morgan fingerprint density at radius 3 is 2.50 bits per heavy atom. The fraction of sp³-hybridized carbons (Fsp3) is 0.190. The Morgan fingerprint density at radius 1 is 1.07 bits per heavy atom. The minimum Gasteiger partial charge on any atom is -0.497 e. The molecule has 0 aliphatic carbocycles. The lowest BCUT2D eigenvalue weighted by Gasteiger charge is -2.09. The van der Waals surface area contributed by atoms with Gasteiger partial charge in [0, 0.05) is 17.3 Å². The molecule has 0 bridgehead atoms. The van der Waals surface area contributed by atoms with Crippen LogP contribution in [0.2, 0.25) is 0 Å². The van der Waals surface area contributed by atoms with Crippen molar-refractivity contribution in [2.45, 2.75) is 13.5 Å². The number of pyridine rings is 1. The van der Waals surface area contributed by atoms with E-state index in [1.54, 1.807) is 68.8 Å². The van der Waals surface area contributed by atoms with Gasteiger partial charge in [0.1, 0.15) is 12.3 Å². The average Bonchev–Trinajstić information content (AvgIpc) is 2.70. The molecule has 3 rings (SSSR count). The monoisotopic (exact) mass is 380 g/mol. The Kier molecular flexibility index (Phi) is 5.74. The number of rotatable bonds is 6. The second kappa shape index (κ2) is 8.39. The van der Waals surface area contributed by atoms with Crippen LogP contribution in [0.4, 0.5) is 5.69 Å². The molecular weight excluding hydrogens is 360 g/mol. The topological polar surface area (TPSA) is 86.6 Å². The normalized spacial score (nSPS) is 10.5. The number of esters is 1. The Morgan fingerprint density at radius 2 is 1.82 bits per heavy atom. The Balaban J connectivity index is 1.72. The van der Waals surface area contributed by atoms with Gasteiger partial charge in [-0.15, -0.1) is 0 Å². The number of anilines is 1. The number of nitrogens with zero attached hydrogens (tertiary/aromatic N) is 1. The molecule has 144 valence electrons. The first-order valence-electron chi connectivity index (χ1n) is 8.76. The molecule has 0 fully saturated rings. The molecule has 1 heterocycles. The predicted octanol–water partition coefficient (Wildman–Crippen LogP) is 2.83. The first-order valence-corrected chi connectivity index (χ1v) is 8.76. The van der Waals surface area contributed by atoms with E-state index >= 15 is 0 Å². The lowest BCUT2D eigenvalue weighted by Crippen LogP contribution is -2.27. The van der Waals surface area contributed by atoms with Gasteiger partial charge in [-0.3, -0.25) is 9.59 Å². The zero-order valence-electron chi connectivity index (χ0n) is 15.6. The van der Waals surface area contributed by atoms with E-state index in [4.69, 9.17) is 9.47 Å². The van der Waals surface area contributed by atoms with Crippen LogP contribution in [0.25, 0.3) is 10.8 Å². The van der Waals surface area contributed by atoms with Crippen LogP contribution in [0.5, 0.6) is 5.75 Å². The standard InChI is InChI=1S/C21H20N2O5/c1-3-28-21(26)14-4-6-16(7-5-14)22-19(24)13-23-11-10-15-12-17(27-2)8-9-18(15)20(23)25/h4-12H,3,13H2,1-2H3,(H,22,24). The summed E-state index contributed by atoms with van der Waals surface area (Å²) in [4.78, 5) is 36.5. The van der Waals surface area contributed by atoms with Gasteiger partial charge in [0.15, 0.2) is 0 Å². The summed E-state index contributed by atoms with van der Waals surface area (Å²) in [5, 5.41) is 3.97. The summed E-state index contributed by atoms with van der Waals surface area (Å²) in [6.45, 7) is 1.91. The van der Waals surface area contributed by atoms with Gasteiger partial charge in [-0.2, -0.15) is 0 Å². The molecule has 1 aromatic heterocycles. The molecule has 0 spiro atoms. The SMILES string of the molecule is CCOC(=O)c1ccc(NC(=O)Cn2ccc3cc(OC)ccc3c2=O)cc1. The minimum atomic E-state index is -0.417. The number of ether oxygens (including phenoxy) is 2. The summed E-state index contributed by atoms with van der Waals surface area (Å²) >= 11 is 0. The maximum atomic E-state index is 12.6. The summed E-state index contributed by atoms with van der Waals surface area (Å²) in [7, 11) is 1.56.